The van der Waals surface area contributed by atoms with Gasteiger partial charge in [-0.3, -0.25) is 4.79 Å². The molecule has 96 valence electrons. The van der Waals surface area contributed by atoms with Crippen LogP contribution >= 0.6 is 0 Å². The van der Waals surface area contributed by atoms with E-state index in [2.05, 4.69) is 19.2 Å². The van der Waals surface area contributed by atoms with Crippen molar-refractivity contribution < 1.29 is 14.7 Å². The number of carbonyl (C=O) groups is 2. The van der Waals surface area contributed by atoms with Gasteiger partial charge in [-0.25, -0.2) is 4.79 Å². The van der Waals surface area contributed by atoms with Crippen LogP contribution in [0.2, 0.25) is 0 Å². The van der Waals surface area contributed by atoms with E-state index < -0.39 is 11.9 Å². The van der Waals surface area contributed by atoms with Gasteiger partial charge in [-0.15, -0.1) is 0 Å². The van der Waals surface area contributed by atoms with Crippen LogP contribution in [0.1, 0.15) is 37.8 Å². The molecule has 0 unspecified atom stereocenters. The summed E-state index contributed by atoms with van der Waals surface area (Å²) in [7, 11) is 0. The molecule has 0 saturated heterocycles. The minimum Gasteiger partial charge on any atom is -0.477 e. The van der Waals surface area contributed by atoms with E-state index in [-0.39, 0.29) is 5.70 Å². The second kappa shape index (κ2) is 6.00. The number of aliphatic carboxylic acids is 1. The molecule has 1 amide bonds. The highest BCUT2D eigenvalue weighted by Gasteiger charge is 2.08. The van der Waals surface area contributed by atoms with Crippen molar-refractivity contribution in [2.24, 2.45) is 0 Å². The van der Waals surface area contributed by atoms with E-state index >= 15 is 0 Å². The third-order valence-corrected chi connectivity index (χ3v) is 2.46. The highest BCUT2D eigenvalue weighted by Crippen LogP contribution is 2.15. The van der Waals surface area contributed by atoms with Crippen molar-refractivity contribution in [3.63, 3.8) is 0 Å². The number of hydrogen-bond acceptors (Lipinski definition) is 2. The molecule has 1 aromatic carbocycles. The molecule has 0 aliphatic heterocycles. The average molecular weight is 247 g/mol. The smallest absolute Gasteiger partial charge is 0.352 e. The largest absolute Gasteiger partial charge is 0.477 e. The van der Waals surface area contributed by atoms with Crippen LogP contribution in [0.5, 0.6) is 0 Å². The summed E-state index contributed by atoms with van der Waals surface area (Å²) >= 11 is 0. The lowest BCUT2D eigenvalue weighted by Gasteiger charge is -2.06. The molecule has 0 fully saturated rings. The fourth-order valence-corrected chi connectivity index (χ4v) is 1.48. The summed E-state index contributed by atoms with van der Waals surface area (Å²) in [5.41, 5.74) is 1.80. The molecule has 0 spiro atoms. The first kappa shape index (κ1) is 14.0. The van der Waals surface area contributed by atoms with Crippen molar-refractivity contribution in [3.8, 4) is 0 Å². The van der Waals surface area contributed by atoms with Gasteiger partial charge >= 0.3 is 5.97 Å². The van der Waals surface area contributed by atoms with Crippen LogP contribution in [0.3, 0.4) is 0 Å². The van der Waals surface area contributed by atoms with E-state index in [4.69, 9.17) is 5.11 Å². The van der Waals surface area contributed by atoms with Crippen LogP contribution in [0.4, 0.5) is 0 Å². The summed E-state index contributed by atoms with van der Waals surface area (Å²) in [6.07, 6.45) is 1.44. The van der Waals surface area contributed by atoms with Gasteiger partial charge in [0.15, 0.2) is 0 Å². The van der Waals surface area contributed by atoms with Crippen molar-refractivity contribution in [1.29, 1.82) is 0 Å². The predicted octanol–water partition coefficient (Wildman–Crippen LogP) is 2.37. The molecule has 4 heteroatoms. The second-order valence-corrected chi connectivity index (χ2v) is 4.37. The van der Waals surface area contributed by atoms with Crippen LogP contribution < -0.4 is 5.32 Å². The van der Waals surface area contributed by atoms with Crippen molar-refractivity contribution >= 4 is 18.0 Å². The molecule has 18 heavy (non-hydrogen) atoms. The Morgan fingerprint density at radius 3 is 2.17 bits per heavy atom. The average Bonchev–Trinajstić information content (AvgIpc) is 2.28. The van der Waals surface area contributed by atoms with Gasteiger partial charge in [-0.2, -0.15) is 0 Å². The molecular weight excluding hydrogens is 230 g/mol. The van der Waals surface area contributed by atoms with Crippen molar-refractivity contribution in [2.75, 3.05) is 0 Å². The highest BCUT2D eigenvalue weighted by atomic mass is 16.4. The molecule has 0 radical (unpaired) electrons. The summed E-state index contributed by atoms with van der Waals surface area (Å²) < 4.78 is 0. The Morgan fingerprint density at radius 1 is 1.22 bits per heavy atom. The second-order valence-electron chi connectivity index (χ2n) is 4.37. The molecule has 0 aliphatic carbocycles. The first-order chi connectivity index (χ1) is 8.40. The first-order valence-corrected chi connectivity index (χ1v) is 5.72. The number of amides is 1. The van der Waals surface area contributed by atoms with Crippen LogP contribution in [0.25, 0.3) is 6.08 Å². The van der Waals surface area contributed by atoms with Crippen LogP contribution in [0.15, 0.2) is 30.0 Å². The van der Waals surface area contributed by atoms with Gasteiger partial charge in [-0.1, -0.05) is 38.1 Å². The summed E-state index contributed by atoms with van der Waals surface area (Å²) in [5, 5.41) is 11.2. The fourth-order valence-electron chi connectivity index (χ4n) is 1.48. The first-order valence-electron chi connectivity index (χ1n) is 5.72. The van der Waals surface area contributed by atoms with Crippen LogP contribution in [-0.2, 0) is 9.59 Å². The molecule has 0 saturated carbocycles. The predicted molar refractivity (Wildman–Crippen MR) is 70.0 cm³/mol. The molecule has 1 aromatic rings. The van der Waals surface area contributed by atoms with Gasteiger partial charge in [0.25, 0.3) is 0 Å². The van der Waals surface area contributed by atoms with E-state index in [1.807, 2.05) is 24.3 Å². The maximum Gasteiger partial charge on any atom is 0.352 e. The number of carboxylic acid groups (broad SMARTS) is 1. The van der Waals surface area contributed by atoms with Gasteiger partial charge in [0.05, 0.1) is 0 Å². The van der Waals surface area contributed by atoms with Gasteiger partial charge in [0.2, 0.25) is 5.91 Å². The number of carbonyl (C=O) groups excluding carboxylic acids is 1. The molecule has 0 heterocycles. The van der Waals surface area contributed by atoms with Gasteiger partial charge in [-0.05, 0) is 23.1 Å². The molecule has 2 N–H and O–H groups in total. The molecule has 0 aliphatic rings. The zero-order valence-corrected chi connectivity index (χ0v) is 10.7. The third kappa shape index (κ3) is 4.05. The summed E-state index contributed by atoms with van der Waals surface area (Å²) in [5.74, 6) is -1.13. The Kier molecular flexibility index (Phi) is 4.66. The maximum atomic E-state index is 10.9. The Morgan fingerprint density at radius 2 is 1.78 bits per heavy atom. The number of carboxylic acids is 1. The number of rotatable bonds is 4. The van der Waals surface area contributed by atoms with E-state index in [9.17, 15) is 9.59 Å². The fraction of sp³-hybridized carbons (Fsp3) is 0.286. The summed E-state index contributed by atoms with van der Waals surface area (Å²) in [6.45, 7) is 5.45. The maximum absolute atomic E-state index is 10.9. The minimum absolute atomic E-state index is 0.125. The standard InChI is InChI=1S/C14H17NO3/c1-9(2)12-6-4-11(5-7-12)8-13(14(17)18)15-10(3)16/h4-9H,1-3H3,(H,15,16)(H,17,18)/b13-8-. The monoisotopic (exact) mass is 247 g/mol. The van der Waals surface area contributed by atoms with Crippen LogP contribution in [-0.4, -0.2) is 17.0 Å². The molecule has 1 rings (SSSR count). The topological polar surface area (TPSA) is 66.4 Å². The molecule has 0 bridgehead atoms. The molecular formula is C14H17NO3. The Bertz CT molecular complexity index is 472. The van der Waals surface area contributed by atoms with E-state index in [0.717, 1.165) is 5.56 Å². The van der Waals surface area contributed by atoms with E-state index in [1.54, 1.807) is 0 Å². The lowest BCUT2D eigenvalue weighted by atomic mass is 10.0. The number of hydrogen-bond donors (Lipinski definition) is 2. The quantitative estimate of drug-likeness (QED) is 0.803. The Hall–Kier alpha value is -2.10. The van der Waals surface area contributed by atoms with Crippen molar-refractivity contribution in [3.05, 3.63) is 41.1 Å². The normalized spacial score (nSPS) is 11.4. The zero-order chi connectivity index (χ0) is 13.7. The Labute approximate surface area is 106 Å². The van der Waals surface area contributed by atoms with Crippen molar-refractivity contribution in [1.82, 2.24) is 5.32 Å². The SMILES string of the molecule is CC(=O)N/C(=C\c1ccc(C(C)C)cc1)C(=O)O. The zero-order valence-electron chi connectivity index (χ0n) is 10.7. The van der Waals surface area contributed by atoms with Crippen LogP contribution in [0, 0.1) is 0 Å². The summed E-state index contributed by atoms with van der Waals surface area (Å²) in [4.78, 5) is 21.8. The summed E-state index contributed by atoms with van der Waals surface area (Å²) in [6, 6.07) is 7.56. The van der Waals surface area contributed by atoms with Gasteiger partial charge in [0.1, 0.15) is 5.70 Å². The molecule has 0 atom stereocenters. The molecule has 0 aromatic heterocycles. The highest BCUT2D eigenvalue weighted by molar-refractivity contribution is 5.96. The van der Waals surface area contributed by atoms with E-state index in [1.165, 1.54) is 18.6 Å². The van der Waals surface area contributed by atoms with Gasteiger partial charge < -0.3 is 10.4 Å². The number of benzene rings is 1. The third-order valence-electron chi connectivity index (χ3n) is 2.46. The minimum atomic E-state index is -1.15. The number of nitrogens with one attached hydrogen (secondary N) is 1. The van der Waals surface area contributed by atoms with Crippen molar-refractivity contribution in [2.45, 2.75) is 26.7 Å². The Balaban J connectivity index is 2.97. The molecule has 4 nitrogen and oxygen atoms in total. The lowest BCUT2D eigenvalue weighted by Crippen LogP contribution is -2.24. The van der Waals surface area contributed by atoms with E-state index in [0.29, 0.717) is 5.92 Å². The van der Waals surface area contributed by atoms with Gasteiger partial charge in [0, 0.05) is 6.92 Å². The lowest BCUT2D eigenvalue weighted by molar-refractivity contribution is -0.134.